The lowest BCUT2D eigenvalue weighted by atomic mass is 9.79. The van der Waals surface area contributed by atoms with Crippen molar-refractivity contribution in [2.24, 2.45) is 5.41 Å². The van der Waals surface area contributed by atoms with Crippen LogP contribution in [0.5, 0.6) is 0 Å². The fourth-order valence-corrected chi connectivity index (χ4v) is 3.80. The fraction of sp³-hybridized carbons (Fsp3) is 0.300. The van der Waals surface area contributed by atoms with E-state index in [1.165, 1.54) is 0 Å². The first kappa shape index (κ1) is 16.9. The molecule has 0 N–H and O–H groups in total. The number of aromatic nitrogens is 3. The van der Waals surface area contributed by atoms with Crippen LogP contribution in [0.4, 0.5) is 5.69 Å². The van der Waals surface area contributed by atoms with Crippen molar-refractivity contribution in [1.29, 1.82) is 0 Å². The van der Waals surface area contributed by atoms with Crippen LogP contribution in [0, 0.1) is 12.3 Å². The number of hydrogen-bond acceptors (Lipinski definition) is 4. The van der Waals surface area contributed by atoms with E-state index in [1.807, 2.05) is 39.2 Å². The van der Waals surface area contributed by atoms with E-state index >= 15 is 0 Å². The molecule has 1 amide bonds. The second-order valence-electron chi connectivity index (χ2n) is 7.15. The number of carbonyl (C=O) groups excluding carboxylic acids is 1. The highest BCUT2D eigenvalue weighted by Gasteiger charge is 2.46. The van der Waals surface area contributed by atoms with Gasteiger partial charge in [0.1, 0.15) is 11.0 Å². The molecule has 2 aromatic rings. The predicted octanol–water partition coefficient (Wildman–Crippen LogP) is 4.34. The van der Waals surface area contributed by atoms with E-state index < -0.39 is 5.41 Å². The standard InChI is InChI=1S/C20H19ClN4O/c1-12-23-10-14(11-24-12)13-4-5-16-17(8-13)25(19(26)20(16,2)3)15-6-7-22-18(21)9-15/h6-11H,4-5H2,1-3H3. The highest BCUT2D eigenvalue weighted by Crippen LogP contribution is 2.48. The molecule has 2 aromatic heterocycles. The van der Waals surface area contributed by atoms with Crippen molar-refractivity contribution in [3.8, 4) is 0 Å². The topological polar surface area (TPSA) is 59.0 Å². The summed E-state index contributed by atoms with van der Waals surface area (Å²) in [7, 11) is 0. The van der Waals surface area contributed by atoms with E-state index in [-0.39, 0.29) is 5.91 Å². The molecule has 0 radical (unpaired) electrons. The van der Waals surface area contributed by atoms with Gasteiger partial charge >= 0.3 is 0 Å². The van der Waals surface area contributed by atoms with Crippen LogP contribution in [0.25, 0.3) is 5.57 Å². The normalized spacial score (nSPS) is 18.8. The van der Waals surface area contributed by atoms with E-state index in [0.717, 1.165) is 46.8 Å². The second kappa shape index (κ2) is 6.02. The smallest absolute Gasteiger partial charge is 0.241 e. The molecule has 26 heavy (non-hydrogen) atoms. The Labute approximate surface area is 157 Å². The molecule has 1 aliphatic heterocycles. The largest absolute Gasteiger partial charge is 0.280 e. The Morgan fingerprint density at radius 2 is 1.88 bits per heavy atom. The van der Waals surface area contributed by atoms with Gasteiger partial charge in [-0.15, -0.1) is 0 Å². The first-order chi connectivity index (χ1) is 12.4. The molecule has 132 valence electrons. The third-order valence-electron chi connectivity index (χ3n) is 5.12. The maximum Gasteiger partial charge on any atom is 0.241 e. The Kier molecular flexibility index (Phi) is 3.92. The lowest BCUT2D eigenvalue weighted by Gasteiger charge is -2.22. The molecular formula is C20H19ClN4O. The molecule has 6 heteroatoms. The van der Waals surface area contributed by atoms with Crippen molar-refractivity contribution in [3.05, 3.63) is 64.6 Å². The zero-order chi connectivity index (χ0) is 18.5. The van der Waals surface area contributed by atoms with Gasteiger partial charge in [-0.3, -0.25) is 9.69 Å². The maximum absolute atomic E-state index is 13.2. The van der Waals surface area contributed by atoms with Gasteiger partial charge in [0.05, 0.1) is 11.1 Å². The van der Waals surface area contributed by atoms with Crippen LogP contribution in [0.15, 0.2) is 48.1 Å². The minimum absolute atomic E-state index is 0.0578. The Balaban J connectivity index is 1.83. The van der Waals surface area contributed by atoms with E-state index in [9.17, 15) is 4.79 Å². The summed E-state index contributed by atoms with van der Waals surface area (Å²) >= 11 is 6.06. The van der Waals surface area contributed by atoms with E-state index in [2.05, 4.69) is 21.0 Å². The summed E-state index contributed by atoms with van der Waals surface area (Å²) in [5.74, 6) is 0.803. The molecule has 0 aromatic carbocycles. The average Bonchev–Trinajstić information content (AvgIpc) is 2.81. The number of aryl methyl sites for hydroxylation is 1. The van der Waals surface area contributed by atoms with Gasteiger partial charge in [-0.05, 0) is 63.0 Å². The second-order valence-corrected chi connectivity index (χ2v) is 7.54. The first-order valence-corrected chi connectivity index (χ1v) is 8.95. The summed E-state index contributed by atoms with van der Waals surface area (Å²) in [6, 6.07) is 3.54. The molecule has 2 aliphatic rings. The molecule has 4 rings (SSSR count). The van der Waals surface area contributed by atoms with Gasteiger partial charge in [0.25, 0.3) is 0 Å². The van der Waals surface area contributed by atoms with Gasteiger partial charge in [-0.25, -0.2) is 15.0 Å². The molecule has 0 atom stereocenters. The monoisotopic (exact) mass is 366 g/mol. The van der Waals surface area contributed by atoms with Gasteiger partial charge in [-0.2, -0.15) is 0 Å². The summed E-state index contributed by atoms with van der Waals surface area (Å²) in [5.41, 5.74) is 4.44. The first-order valence-electron chi connectivity index (χ1n) is 8.57. The van der Waals surface area contributed by atoms with Crippen LogP contribution in [-0.2, 0) is 4.79 Å². The van der Waals surface area contributed by atoms with Gasteiger partial charge in [0.15, 0.2) is 0 Å². The number of rotatable bonds is 2. The molecule has 0 fully saturated rings. The van der Waals surface area contributed by atoms with Crippen LogP contribution in [0.2, 0.25) is 5.15 Å². The summed E-state index contributed by atoms with van der Waals surface area (Å²) in [4.78, 5) is 27.5. The van der Waals surface area contributed by atoms with E-state index in [4.69, 9.17) is 11.6 Å². The Morgan fingerprint density at radius 1 is 1.15 bits per heavy atom. The van der Waals surface area contributed by atoms with Gasteiger partial charge in [-0.1, -0.05) is 11.6 Å². The zero-order valence-electron chi connectivity index (χ0n) is 15.0. The van der Waals surface area contributed by atoms with E-state index in [0.29, 0.717) is 5.15 Å². The minimum Gasteiger partial charge on any atom is -0.280 e. The molecule has 0 bridgehead atoms. The molecule has 0 spiro atoms. The van der Waals surface area contributed by atoms with Gasteiger partial charge in [0, 0.05) is 29.9 Å². The SMILES string of the molecule is Cc1ncc(C2=CC3=C(CC2)C(C)(C)C(=O)N3c2ccnc(Cl)c2)cn1. The van der Waals surface area contributed by atoms with Crippen LogP contribution < -0.4 is 4.90 Å². The lowest BCUT2D eigenvalue weighted by molar-refractivity contribution is -0.123. The molecule has 1 aliphatic carbocycles. The summed E-state index contributed by atoms with van der Waals surface area (Å²) < 4.78 is 0. The predicted molar refractivity (Wildman–Crippen MR) is 102 cm³/mol. The molecule has 0 saturated heterocycles. The Bertz CT molecular complexity index is 960. The van der Waals surface area contributed by atoms with Crippen LogP contribution in [0.1, 0.15) is 38.1 Å². The van der Waals surface area contributed by atoms with Crippen molar-refractivity contribution < 1.29 is 4.79 Å². The molecule has 3 heterocycles. The number of amides is 1. The highest BCUT2D eigenvalue weighted by atomic mass is 35.5. The van der Waals surface area contributed by atoms with Gasteiger partial charge in [0.2, 0.25) is 5.91 Å². The number of pyridine rings is 1. The van der Waals surface area contributed by atoms with Crippen molar-refractivity contribution in [2.75, 3.05) is 4.90 Å². The number of nitrogens with zero attached hydrogens (tertiary/aromatic N) is 4. The summed E-state index contributed by atoms with van der Waals surface area (Å²) in [5, 5.41) is 0.370. The van der Waals surface area contributed by atoms with Gasteiger partial charge < -0.3 is 0 Å². The fourth-order valence-electron chi connectivity index (χ4n) is 3.64. The summed E-state index contributed by atoms with van der Waals surface area (Å²) in [6.45, 7) is 5.84. The highest BCUT2D eigenvalue weighted by molar-refractivity contribution is 6.29. The Morgan fingerprint density at radius 3 is 2.58 bits per heavy atom. The number of halogens is 1. The lowest BCUT2D eigenvalue weighted by Crippen LogP contribution is -2.33. The third kappa shape index (κ3) is 2.63. The van der Waals surface area contributed by atoms with Crippen molar-refractivity contribution in [1.82, 2.24) is 15.0 Å². The average molecular weight is 367 g/mol. The van der Waals surface area contributed by atoms with Crippen LogP contribution >= 0.6 is 11.6 Å². The molecular weight excluding hydrogens is 348 g/mol. The number of anilines is 1. The van der Waals surface area contributed by atoms with Crippen molar-refractivity contribution in [3.63, 3.8) is 0 Å². The van der Waals surface area contributed by atoms with E-state index in [1.54, 1.807) is 17.2 Å². The number of carbonyl (C=O) groups is 1. The third-order valence-corrected chi connectivity index (χ3v) is 5.32. The number of allylic oxidation sites excluding steroid dienone is 2. The zero-order valence-corrected chi connectivity index (χ0v) is 15.7. The quantitative estimate of drug-likeness (QED) is 0.742. The molecule has 0 saturated carbocycles. The van der Waals surface area contributed by atoms with Crippen LogP contribution in [-0.4, -0.2) is 20.9 Å². The minimum atomic E-state index is -0.531. The number of hydrogen-bond donors (Lipinski definition) is 0. The van der Waals surface area contributed by atoms with Crippen molar-refractivity contribution in [2.45, 2.75) is 33.6 Å². The summed E-state index contributed by atoms with van der Waals surface area (Å²) in [6.07, 6.45) is 9.10. The maximum atomic E-state index is 13.2. The molecule has 5 nitrogen and oxygen atoms in total. The van der Waals surface area contributed by atoms with Crippen LogP contribution in [0.3, 0.4) is 0 Å². The molecule has 0 unspecified atom stereocenters. The van der Waals surface area contributed by atoms with Crippen molar-refractivity contribution >= 4 is 28.8 Å². The Hall–Kier alpha value is -2.53.